The molecule has 1 aromatic heterocycles. The molecular weight excluding hydrogens is 329 g/mol. The molecule has 1 aliphatic rings. The zero-order valence-corrected chi connectivity index (χ0v) is 13.4. The maximum atomic E-state index is 12.7. The minimum atomic E-state index is -4.36. The van der Waals surface area contributed by atoms with Crippen molar-refractivity contribution in [2.24, 2.45) is 0 Å². The normalized spacial score (nSPS) is 16.8. The molecule has 1 amide bonds. The molecule has 3 nitrogen and oxygen atoms in total. The first-order valence-electron chi connectivity index (χ1n) is 7.99. The van der Waals surface area contributed by atoms with Crippen LogP contribution in [0.25, 0.3) is 11.3 Å². The van der Waals surface area contributed by atoms with Crippen molar-refractivity contribution in [1.82, 2.24) is 10.3 Å². The molecule has 1 unspecified atom stereocenters. The number of hydrogen-bond donors (Lipinski definition) is 1. The number of pyridine rings is 1. The average molecular weight is 346 g/mol. The molecule has 1 atom stereocenters. The van der Waals surface area contributed by atoms with E-state index in [0.29, 0.717) is 11.3 Å². The van der Waals surface area contributed by atoms with Crippen LogP contribution in [-0.4, -0.2) is 10.9 Å². The van der Waals surface area contributed by atoms with Crippen molar-refractivity contribution in [3.8, 4) is 11.3 Å². The maximum Gasteiger partial charge on any atom is 0.416 e. The van der Waals surface area contributed by atoms with Gasteiger partial charge in [-0.15, -0.1) is 0 Å². The van der Waals surface area contributed by atoms with Gasteiger partial charge in [-0.3, -0.25) is 9.78 Å². The largest absolute Gasteiger partial charge is 0.416 e. The van der Waals surface area contributed by atoms with Crippen LogP contribution >= 0.6 is 0 Å². The summed E-state index contributed by atoms with van der Waals surface area (Å²) in [5.41, 5.74) is 2.34. The van der Waals surface area contributed by atoms with E-state index in [1.165, 1.54) is 18.2 Å². The molecule has 130 valence electrons. The van der Waals surface area contributed by atoms with Crippen LogP contribution in [0.5, 0.6) is 0 Å². The molecule has 25 heavy (non-hydrogen) atoms. The minimum Gasteiger partial charge on any atom is -0.344 e. The number of benzene rings is 1. The number of carbonyl (C=O) groups excluding carboxylic acids is 1. The van der Waals surface area contributed by atoms with Crippen molar-refractivity contribution < 1.29 is 18.0 Å². The summed E-state index contributed by atoms with van der Waals surface area (Å²) in [5.74, 6) is -0.264. The highest BCUT2D eigenvalue weighted by atomic mass is 19.4. The number of rotatable bonds is 3. The first-order chi connectivity index (χ1) is 11.9. The number of nitrogens with zero attached hydrogens (tertiary/aromatic N) is 1. The Balaban J connectivity index is 1.93. The molecule has 1 aliphatic carbocycles. The van der Waals surface area contributed by atoms with Crippen LogP contribution in [0.15, 0.2) is 49.1 Å². The molecule has 0 bridgehead atoms. The lowest BCUT2D eigenvalue weighted by Gasteiger charge is -2.25. The van der Waals surface area contributed by atoms with Gasteiger partial charge in [0.2, 0.25) is 5.91 Å². The number of nitrogens with one attached hydrogen (secondary N) is 1. The number of aromatic nitrogens is 1. The van der Waals surface area contributed by atoms with Crippen molar-refractivity contribution in [1.29, 1.82) is 0 Å². The summed E-state index contributed by atoms with van der Waals surface area (Å²) >= 11 is 0. The Hall–Kier alpha value is -2.63. The van der Waals surface area contributed by atoms with Gasteiger partial charge in [0, 0.05) is 5.56 Å². The maximum absolute atomic E-state index is 12.7. The fourth-order valence-corrected chi connectivity index (χ4v) is 3.01. The number of aryl methyl sites for hydroxylation is 1. The van der Waals surface area contributed by atoms with Crippen molar-refractivity contribution in [2.45, 2.75) is 31.5 Å². The third kappa shape index (κ3) is 3.73. The Bertz CT molecular complexity index is 797. The summed E-state index contributed by atoms with van der Waals surface area (Å²) < 4.78 is 38.1. The van der Waals surface area contributed by atoms with Gasteiger partial charge in [-0.1, -0.05) is 24.8 Å². The van der Waals surface area contributed by atoms with E-state index in [-0.39, 0.29) is 11.9 Å². The molecule has 2 aromatic rings. The molecule has 0 saturated carbocycles. The first kappa shape index (κ1) is 17.2. The van der Waals surface area contributed by atoms with E-state index in [1.807, 2.05) is 6.07 Å². The van der Waals surface area contributed by atoms with Gasteiger partial charge in [-0.05, 0) is 49.1 Å². The Morgan fingerprint density at radius 1 is 1.20 bits per heavy atom. The van der Waals surface area contributed by atoms with E-state index in [1.54, 1.807) is 6.07 Å². The number of alkyl halides is 3. The Morgan fingerprint density at radius 2 is 1.92 bits per heavy atom. The summed E-state index contributed by atoms with van der Waals surface area (Å²) in [5, 5.41) is 2.86. The van der Waals surface area contributed by atoms with Gasteiger partial charge in [-0.2, -0.15) is 13.2 Å². The molecule has 0 fully saturated rings. The quantitative estimate of drug-likeness (QED) is 0.835. The van der Waals surface area contributed by atoms with Crippen LogP contribution in [0.1, 0.15) is 35.7 Å². The summed E-state index contributed by atoms with van der Waals surface area (Å²) in [6.07, 6.45) is -0.557. The summed E-state index contributed by atoms with van der Waals surface area (Å²) in [6, 6.07) is 8.46. The lowest BCUT2D eigenvalue weighted by atomic mass is 9.91. The number of hydrogen-bond acceptors (Lipinski definition) is 2. The molecule has 0 saturated heterocycles. The van der Waals surface area contributed by atoms with Crippen LogP contribution in [0.4, 0.5) is 13.2 Å². The van der Waals surface area contributed by atoms with Crippen molar-refractivity contribution in [2.75, 3.05) is 0 Å². The van der Waals surface area contributed by atoms with Gasteiger partial charge in [0.25, 0.3) is 0 Å². The van der Waals surface area contributed by atoms with Crippen LogP contribution in [0.3, 0.4) is 0 Å². The van der Waals surface area contributed by atoms with Crippen LogP contribution in [0, 0.1) is 0 Å². The predicted molar refractivity (Wildman–Crippen MR) is 88.7 cm³/mol. The minimum absolute atomic E-state index is 0.205. The zero-order valence-electron chi connectivity index (χ0n) is 13.4. The molecule has 0 aliphatic heterocycles. The van der Waals surface area contributed by atoms with Gasteiger partial charge in [0.05, 0.1) is 23.0 Å². The zero-order chi connectivity index (χ0) is 18.0. The smallest absolute Gasteiger partial charge is 0.344 e. The molecular formula is C19H17F3N2O. The van der Waals surface area contributed by atoms with Gasteiger partial charge < -0.3 is 5.32 Å². The van der Waals surface area contributed by atoms with E-state index in [9.17, 15) is 18.0 Å². The average Bonchev–Trinajstić information content (AvgIpc) is 2.61. The number of halogens is 3. The monoisotopic (exact) mass is 346 g/mol. The van der Waals surface area contributed by atoms with Gasteiger partial charge in [0.1, 0.15) is 0 Å². The molecule has 0 radical (unpaired) electrons. The van der Waals surface area contributed by atoms with E-state index in [4.69, 9.17) is 0 Å². The second kappa shape index (κ2) is 6.70. The van der Waals surface area contributed by atoms with Crippen molar-refractivity contribution >= 4 is 5.91 Å². The standard InChI is InChI=1S/C19H17F3N2O/c1-2-17(25)23-16-5-3-4-13-8-11-15(24-18(13)16)12-6-9-14(10-7-12)19(20,21)22/h2,6-11,16H,1,3-5H2,(H,23,25). The van der Waals surface area contributed by atoms with Gasteiger partial charge in [0.15, 0.2) is 0 Å². The lowest BCUT2D eigenvalue weighted by Crippen LogP contribution is -2.30. The summed E-state index contributed by atoms with van der Waals surface area (Å²) in [6.45, 7) is 3.45. The highest BCUT2D eigenvalue weighted by Crippen LogP contribution is 2.33. The lowest BCUT2D eigenvalue weighted by molar-refractivity contribution is -0.137. The van der Waals surface area contributed by atoms with Gasteiger partial charge in [-0.25, -0.2) is 0 Å². The molecule has 6 heteroatoms. The van der Waals surface area contributed by atoms with Crippen LogP contribution < -0.4 is 5.32 Å². The summed E-state index contributed by atoms with van der Waals surface area (Å²) in [4.78, 5) is 16.2. The molecule has 3 rings (SSSR count). The third-order valence-corrected chi connectivity index (χ3v) is 4.29. The van der Waals surface area contributed by atoms with E-state index >= 15 is 0 Å². The Kier molecular flexibility index (Phi) is 4.61. The topological polar surface area (TPSA) is 42.0 Å². The second-order valence-corrected chi connectivity index (χ2v) is 5.97. The molecule has 1 N–H and O–H groups in total. The van der Waals surface area contributed by atoms with Crippen LogP contribution in [0.2, 0.25) is 0 Å². The highest BCUT2D eigenvalue weighted by molar-refractivity contribution is 5.87. The number of fused-ring (bicyclic) bond motifs is 1. The Morgan fingerprint density at radius 3 is 2.56 bits per heavy atom. The first-order valence-corrected chi connectivity index (χ1v) is 7.99. The highest BCUT2D eigenvalue weighted by Gasteiger charge is 2.30. The third-order valence-electron chi connectivity index (χ3n) is 4.29. The van der Waals surface area contributed by atoms with Gasteiger partial charge >= 0.3 is 6.18 Å². The Labute approximate surface area is 143 Å². The molecule has 1 aromatic carbocycles. The van der Waals surface area contributed by atoms with Crippen molar-refractivity contribution in [3.05, 3.63) is 65.9 Å². The molecule has 0 spiro atoms. The van der Waals surface area contributed by atoms with E-state index in [2.05, 4.69) is 16.9 Å². The molecule has 1 heterocycles. The number of amides is 1. The van der Waals surface area contributed by atoms with E-state index < -0.39 is 11.7 Å². The van der Waals surface area contributed by atoms with Crippen LogP contribution in [-0.2, 0) is 17.4 Å². The SMILES string of the molecule is C=CC(=O)NC1CCCc2ccc(-c3ccc(C(F)(F)F)cc3)nc21. The second-order valence-electron chi connectivity index (χ2n) is 5.97. The fourth-order valence-electron chi connectivity index (χ4n) is 3.01. The summed E-state index contributed by atoms with van der Waals surface area (Å²) in [7, 11) is 0. The van der Waals surface area contributed by atoms with E-state index in [0.717, 1.165) is 42.7 Å². The number of carbonyl (C=O) groups is 1. The predicted octanol–water partition coefficient (Wildman–Crippen LogP) is 4.45. The van der Waals surface area contributed by atoms with Crippen molar-refractivity contribution in [3.63, 3.8) is 0 Å². The fraction of sp³-hybridized carbons (Fsp3) is 0.263.